The molecule has 2 rings (SSSR count). The summed E-state index contributed by atoms with van der Waals surface area (Å²) >= 11 is 0. The largest absolute Gasteiger partial charge is 0.351 e. The average Bonchev–Trinajstić information content (AvgIpc) is 2.53. The highest BCUT2D eigenvalue weighted by Crippen LogP contribution is 2.23. The predicted octanol–water partition coefficient (Wildman–Crippen LogP) is 2.29. The number of hydrogen-bond donors (Lipinski definition) is 2. The van der Waals surface area contributed by atoms with Crippen molar-refractivity contribution in [1.29, 1.82) is 0 Å². The van der Waals surface area contributed by atoms with Crippen LogP contribution >= 0.6 is 0 Å². The number of amides is 3. The molecule has 1 aromatic rings. The van der Waals surface area contributed by atoms with Gasteiger partial charge >= 0.3 is 6.03 Å². The summed E-state index contributed by atoms with van der Waals surface area (Å²) in [7, 11) is 0. The highest BCUT2D eigenvalue weighted by Gasteiger charge is 2.29. The minimum absolute atomic E-state index is 0.00787. The molecule has 1 aliphatic rings. The van der Waals surface area contributed by atoms with E-state index in [2.05, 4.69) is 19.2 Å². The molecule has 1 aromatic carbocycles. The number of likely N-dealkylation sites (tertiary alicyclic amines) is 1. The molecule has 0 saturated carbocycles. The molecule has 3 amide bonds. The lowest BCUT2D eigenvalue weighted by atomic mass is 9.93. The maximum Gasteiger partial charge on any atom is 0.314 e. The van der Waals surface area contributed by atoms with Crippen molar-refractivity contribution in [3.63, 3.8) is 0 Å². The second kappa shape index (κ2) is 7.29. The summed E-state index contributed by atoms with van der Waals surface area (Å²) in [6, 6.07) is 9.52. The van der Waals surface area contributed by atoms with Gasteiger partial charge < -0.3 is 16.0 Å². The summed E-state index contributed by atoms with van der Waals surface area (Å²) in [6.07, 6.45) is 1.62. The summed E-state index contributed by atoms with van der Waals surface area (Å²) in [5, 5.41) is 3.14. The van der Waals surface area contributed by atoms with Crippen molar-refractivity contribution in [2.45, 2.75) is 32.7 Å². The van der Waals surface area contributed by atoms with Crippen molar-refractivity contribution in [1.82, 2.24) is 10.2 Å². The number of benzene rings is 1. The van der Waals surface area contributed by atoms with Gasteiger partial charge in [-0.05, 0) is 24.3 Å². The normalized spacial score (nSPS) is 19.8. The van der Waals surface area contributed by atoms with Gasteiger partial charge in [0.2, 0.25) is 5.91 Å². The Kier molecular flexibility index (Phi) is 5.41. The second-order valence-electron chi connectivity index (χ2n) is 6.26. The molecule has 1 aliphatic heterocycles. The van der Waals surface area contributed by atoms with Crippen LogP contribution in [0.1, 0.15) is 38.3 Å². The van der Waals surface area contributed by atoms with Crippen molar-refractivity contribution in [2.75, 3.05) is 13.1 Å². The molecule has 1 heterocycles. The van der Waals surface area contributed by atoms with Crippen molar-refractivity contribution < 1.29 is 9.59 Å². The van der Waals surface area contributed by atoms with E-state index in [1.807, 2.05) is 30.3 Å². The number of carbonyl (C=O) groups is 2. The zero-order valence-corrected chi connectivity index (χ0v) is 13.3. The second-order valence-corrected chi connectivity index (χ2v) is 6.26. The van der Waals surface area contributed by atoms with Gasteiger partial charge in [0.15, 0.2) is 0 Å². The van der Waals surface area contributed by atoms with Gasteiger partial charge in [0, 0.05) is 13.1 Å². The fraction of sp³-hybridized carbons (Fsp3) is 0.529. The number of nitrogens with one attached hydrogen (secondary N) is 1. The van der Waals surface area contributed by atoms with Crippen molar-refractivity contribution in [3.05, 3.63) is 35.9 Å². The lowest BCUT2D eigenvalue weighted by molar-refractivity contribution is -0.127. The van der Waals surface area contributed by atoms with Gasteiger partial charge in [0.25, 0.3) is 0 Å². The monoisotopic (exact) mass is 303 g/mol. The molecular weight excluding hydrogens is 278 g/mol. The van der Waals surface area contributed by atoms with E-state index < -0.39 is 6.03 Å². The molecule has 3 N–H and O–H groups in total. The Hall–Kier alpha value is -2.04. The van der Waals surface area contributed by atoms with E-state index in [4.69, 9.17) is 5.73 Å². The number of urea groups is 1. The summed E-state index contributed by atoms with van der Waals surface area (Å²) in [4.78, 5) is 25.4. The van der Waals surface area contributed by atoms with E-state index in [1.165, 1.54) is 0 Å². The summed E-state index contributed by atoms with van der Waals surface area (Å²) in [6.45, 7) is 5.25. The lowest BCUT2D eigenvalue weighted by Crippen LogP contribution is -2.48. The number of piperidine rings is 1. The SMILES string of the molecule is CC(C)C(NC(=O)C1CCCN(C(N)=O)C1)c1ccccc1. The molecule has 5 nitrogen and oxygen atoms in total. The third kappa shape index (κ3) is 4.00. The van der Waals surface area contributed by atoms with Crippen molar-refractivity contribution in [2.24, 2.45) is 17.6 Å². The first-order valence-electron chi connectivity index (χ1n) is 7.88. The highest BCUT2D eigenvalue weighted by atomic mass is 16.2. The van der Waals surface area contributed by atoms with Gasteiger partial charge in [-0.3, -0.25) is 4.79 Å². The third-order valence-electron chi connectivity index (χ3n) is 4.23. The molecule has 0 bridgehead atoms. The molecule has 1 saturated heterocycles. The van der Waals surface area contributed by atoms with Gasteiger partial charge in [0.1, 0.15) is 0 Å². The molecule has 0 aliphatic carbocycles. The standard InChI is InChI=1S/C17H25N3O2/c1-12(2)15(13-7-4-3-5-8-13)19-16(21)14-9-6-10-20(11-14)17(18)22/h3-5,7-8,12,14-15H,6,9-11H2,1-2H3,(H2,18,22)(H,19,21). The van der Waals surface area contributed by atoms with Crippen LogP contribution in [-0.2, 0) is 4.79 Å². The average molecular weight is 303 g/mol. The first-order valence-corrected chi connectivity index (χ1v) is 7.88. The van der Waals surface area contributed by atoms with Crippen LogP contribution in [0.15, 0.2) is 30.3 Å². The van der Waals surface area contributed by atoms with Crippen molar-refractivity contribution in [3.8, 4) is 0 Å². The summed E-state index contributed by atoms with van der Waals surface area (Å²) in [5.74, 6) is 0.127. The maximum atomic E-state index is 12.6. The topological polar surface area (TPSA) is 75.4 Å². The molecule has 22 heavy (non-hydrogen) atoms. The number of hydrogen-bond acceptors (Lipinski definition) is 2. The Labute approximate surface area is 131 Å². The quantitative estimate of drug-likeness (QED) is 0.895. The number of rotatable bonds is 4. The lowest BCUT2D eigenvalue weighted by Gasteiger charge is -2.32. The van der Waals surface area contributed by atoms with E-state index in [-0.39, 0.29) is 17.9 Å². The third-order valence-corrected chi connectivity index (χ3v) is 4.23. The molecule has 0 radical (unpaired) electrons. The summed E-state index contributed by atoms with van der Waals surface area (Å²) in [5.41, 5.74) is 6.43. The van der Waals surface area contributed by atoms with Gasteiger partial charge in [-0.25, -0.2) is 4.79 Å². The minimum Gasteiger partial charge on any atom is -0.351 e. The molecule has 0 spiro atoms. The first kappa shape index (κ1) is 16.3. The van der Waals surface area contributed by atoms with Crippen LogP contribution in [0.4, 0.5) is 4.79 Å². The Balaban J connectivity index is 2.04. The van der Waals surface area contributed by atoms with Crippen LogP contribution in [0.5, 0.6) is 0 Å². The fourth-order valence-electron chi connectivity index (χ4n) is 2.96. The van der Waals surface area contributed by atoms with Crippen LogP contribution in [0.3, 0.4) is 0 Å². The van der Waals surface area contributed by atoms with Gasteiger partial charge in [-0.15, -0.1) is 0 Å². The molecule has 2 unspecified atom stereocenters. The van der Waals surface area contributed by atoms with E-state index in [0.717, 1.165) is 18.4 Å². The Morgan fingerprint density at radius 2 is 1.95 bits per heavy atom. The molecule has 120 valence electrons. The Morgan fingerprint density at radius 1 is 1.27 bits per heavy atom. The number of primary amides is 1. The Morgan fingerprint density at radius 3 is 2.55 bits per heavy atom. The van der Waals surface area contributed by atoms with Crippen LogP contribution < -0.4 is 11.1 Å². The Bertz CT molecular complexity index is 516. The molecule has 0 aromatic heterocycles. The van der Waals surface area contributed by atoms with Gasteiger partial charge in [-0.1, -0.05) is 44.2 Å². The van der Waals surface area contributed by atoms with Gasteiger partial charge in [-0.2, -0.15) is 0 Å². The van der Waals surface area contributed by atoms with Crippen LogP contribution in [-0.4, -0.2) is 29.9 Å². The van der Waals surface area contributed by atoms with Gasteiger partial charge in [0.05, 0.1) is 12.0 Å². The van der Waals surface area contributed by atoms with Crippen LogP contribution in [0.25, 0.3) is 0 Å². The van der Waals surface area contributed by atoms with Crippen LogP contribution in [0, 0.1) is 11.8 Å². The zero-order valence-electron chi connectivity index (χ0n) is 13.3. The van der Waals surface area contributed by atoms with Crippen LogP contribution in [0.2, 0.25) is 0 Å². The number of carbonyl (C=O) groups excluding carboxylic acids is 2. The zero-order chi connectivity index (χ0) is 16.1. The van der Waals surface area contributed by atoms with E-state index >= 15 is 0 Å². The highest BCUT2D eigenvalue weighted by molar-refractivity contribution is 5.81. The maximum absolute atomic E-state index is 12.6. The molecule has 5 heteroatoms. The molecule has 2 atom stereocenters. The molecule has 1 fully saturated rings. The minimum atomic E-state index is -0.444. The molecular formula is C17H25N3O2. The van der Waals surface area contributed by atoms with E-state index in [1.54, 1.807) is 4.90 Å². The predicted molar refractivity (Wildman–Crippen MR) is 86.0 cm³/mol. The summed E-state index contributed by atoms with van der Waals surface area (Å²) < 4.78 is 0. The van der Waals surface area contributed by atoms with E-state index in [0.29, 0.717) is 19.0 Å². The fourth-order valence-corrected chi connectivity index (χ4v) is 2.96. The number of nitrogens with zero attached hydrogens (tertiary/aromatic N) is 1. The van der Waals surface area contributed by atoms with Crippen molar-refractivity contribution >= 4 is 11.9 Å². The first-order chi connectivity index (χ1) is 10.5. The number of nitrogens with two attached hydrogens (primary N) is 1. The van der Waals surface area contributed by atoms with E-state index in [9.17, 15) is 9.59 Å². The smallest absolute Gasteiger partial charge is 0.314 e.